The maximum atomic E-state index is 9.49. The summed E-state index contributed by atoms with van der Waals surface area (Å²) in [6.45, 7) is 3.62. The number of pyridine rings is 1. The molecule has 0 spiro atoms. The molecular weight excluding hydrogens is 369 g/mol. The van der Waals surface area contributed by atoms with Crippen LogP contribution in [0.2, 0.25) is 0 Å². The summed E-state index contributed by atoms with van der Waals surface area (Å²) in [5.74, 6) is 0.209. The molecule has 1 aromatic carbocycles. The van der Waals surface area contributed by atoms with Gasteiger partial charge in [0.2, 0.25) is 0 Å². The van der Waals surface area contributed by atoms with Crippen molar-refractivity contribution in [1.29, 1.82) is 0 Å². The molecule has 1 heterocycles. The summed E-state index contributed by atoms with van der Waals surface area (Å²) in [6, 6.07) is 9.12. The summed E-state index contributed by atoms with van der Waals surface area (Å²) in [6.07, 6.45) is 1.66. The van der Waals surface area contributed by atoms with Gasteiger partial charge in [0, 0.05) is 5.39 Å². The van der Waals surface area contributed by atoms with Crippen molar-refractivity contribution in [2.24, 2.45) is 0 Å². The van der Waals surface area contributed by atoms with Crippen LogP contribution in [-0.2, 0) is 0 Å². The molecular formula is C11H11NOPb. The fourth-order valence-electron chi connectivity index (χ4n) is 1.26. The van der Waals surface area contributed by atoms with Crippen molar-refractivity contribution in [1.82, 2.24) is 4.98 Å². The second-order valence-electron chi connectivity index (χ2n) is 2.79. The molecule has 0 bridgehead atoms. The van der Waals surface area contributed by atoms with Crippen molar-refractivity contribution in [3.8, 4) is 5.75 Å². The molecule has 0 amide bonds. The van der Waals surface area contributed by atoms with Gasteiger partial charge in [-0.2, -0.15) is 0 Å². The van der Waals surface area contributed by atoms with E-state index in [-0.39, 0.29) is 33.0 Å². The number of hydrogen-bond acceptors (Lipinski definition) is 2. The van der Waals surface area contributed by atoms with Gasteiger partial charge in [0.15, 0.2) is 0 Å². The van der Waals surface area contributed by atoms with Gasteiger partial charge >= 0.3 is 27.3 Å². The van der Waals surface area contributed by atoms with Gasteiger partial charge in [-0.1, -0.05) is 24.8 Å². The van der Waals surface area contributed by atoms with Crippen molar-refractivity contribution in [2.75, 3.05) is 0 Å². The fourth-order valence-corrected chi connectivity index (χ4v) is 1.26. The summed E-state index contributed by atoms with van der Waals surface area (Å²) in [5.41, 5.74) is 1.40. The Labute approximate surface area is 102 Å². The number of aromatic nitrogens is 1. The van der Waals surface area contributed by atoms with Crippen LogP contribution in [0.5, 0.6) is 5.75 Å². The van der Waals surface area contributed by atoms with Crippen LogP contribution in [0.15, 0.2) is 36.9 Å². The molecule has 0 fully saturated rings. The van der Waals surface area contributed by atoms with Gasteiger partial charge in [-0.3, -0.25) is 0 Å². The summed E-state index contributed by atoms with van der Waals surface area (Å²) < 4.78 is 0. The van der Waals surface area contributed by atoms with Crippen LogP contribution in [0.4, 0.5) is 0 Å². The molecule has 1 aromatic heterocycles. The van der Waals surface area contributed by atoms with Gasteiger partial charge < -0.3 is 5.11 Å². The van der Waals surface area contributed by atoms with Crippen molar-refractivity contribution < 1.29 is 5.11 Å². The van der Waals surface area contributed by atoms with Gasteiger partial charge in [0.25, 0.3) is 0 Å². The molecule has 0 aliphatic rings. The third kappa shape index (κ3) is 1.95. The minimum atomic E-state index is 0. The Balaban J connectivity index is 0.000000980. The molecule has 3 heteroatoms. The van der Waals surface area contributed by atoms with E-state index in [1.165, 1.54) is 0 Å². The molecule has 0 saturated carbocycles. The van der Waals surface area contributed by atoms with E-state index in [0.29, 0.717) is 5.52 Å². The van der Waals surface area contributed by atoms with E-state index in [4.69, 9.17) is 0 Å². The minimum absolute atomic E-state index is 0. The van der Waals surface area contributed by atoms with Crippen LogP contribution in [0.3, 0.4) is 0 Å². The average Bonchev–Trinajstić information content (AvgIpc) is 2.18. The van der Waals surface area contributed by atoms with E-state index in [2.05, 4.69) is 11.6 Å². The quantitative estimate of drug-likeness (QED) is 0.764. The first-order valence-electron chi connectivity index (χ1n) is 4.02. The fraction of sp³-hybridized carbons (Fsp3) is 0. The number of phenolic OH excluding ortho intramolecular Hbond substituents is 1. The zero-order chi connectivity index (χ0) is 9.26. The topological polar surface area (TPSA) is 33.1 Å². The van der Waals surface area contributed by atoms with Gasteiger partial charge in [-0.25, -0.2) is 4.98 Å². The Morgan fingerprint density at radius 1 is 1.21 bits per heavy atom. The molecule has 2 nitrogen and oxygen atoms in total. The Morgan fingerprint density at radius 2 is 2.00 bits per heavy atom. The first-order chi connectivity index (χ1) is 6.31. The Hall–Kier alpha value is -0.908. The zero-order valence-corrected chi connectivity index (χ0v) is 13.3. The molecule has 70 valence electrons. The van der Waals surface area contributed by atoms with Gasteiger partial charge in [0.05, 0.1) is 5.69 Å². The predicted octanol–water partition coefficient (Wildman–Crippen LogP) is 1.67. The maximum absolute atomic E-state index is 9.49. The molecule has 0 saturated heterocycles. The van der Waals surface area contributed by atoms with Crippen LogP contribution in [0, 0.1) is 0 Å². The number of para-hydroxylation sites is 1. The first kappa shape index (κ1) is 11.2. The van der Waals surface area contributed by atoms with Gasteiger partial charge in [-0.15, -0.1) is 0 Å². The molecule has 0 unspecified atom stereocenters. The molecule has 0 aliphatic heterocycles. The SMILES string of the molecule is C=Cc1ccc2cccc(O)c2n1.[PbH2]. The molecule has 2 aromatic rings. The van der Waals surface area contributed by atoms with Crippen LogP contribution in [-0.4, -0.2) is 37.4 Å². The number of rotatable bonds is 1. The van der Waals surface area contributed by atoms with E-state index in [9.17, 15) is 5.11 Å². The molecule has 2 radical (unpaired) electrons. The van der Waals surface area contributed by atoms with Gasteiger partial charge in [0.1, 0.15) is 11.3 Å². The Bertz CT molecular complexity index is 468. The second kappa shape index (κ2) is 4.55. The van der Waals surface area contributed by atoms with E-state index >= 15 is 0 Å². The van der Waals surface area contributed by atoms with Gasteiger partial charge in [-0.05, 0) is 18.2 Å². The van der Waals surface area contributed by atoms with E-state index in [1.54, 1.807) is 18.2 Å². The molecule has 14 heavy (non-hydrogen) atoms. The summed E-state index contributed by atoms with van der Waals surface area (Å²) in [4.78, 5) is 4.23. The number of hydrogen-bond donors (Lipinski definition) is 1. The average molecular weight is 380 g/mol. The van der Waals surface area contributed by atoms with Crippen LogP contribution in [0.25, 0.3) is 17.0 Å². The van der Waals surface area contributed by atoms with Crippen molar-refractivity contribution >= 4 is 44.3 Å². The Kier molecular flexibility index (Phi) is 3.63. The standard InChI is InChI=1S/C11H9NO.Pb.2H/c1-2-9-7-6-8-4-3-5-10(13)11(8)12-9;;;/h2-7,13H,1H2;;;. The van der Waals surface area contributed by atoms with Crippen LogP contribution < -0.4 is 0 Å². The van der Waals surface area contributed by atoms with Crippen LogP contribution >= 0.6 is 0 Å². The Morgan fingerprint density at radius 3 is 2.71 bits per heavy atom. The number of fused-ring (bicyclic) bond motifs is 1. The van der Waals surface area contributed by atoms with Crippen molar-refractivity contribution in [3.63, 3.8) is 0 Å². The van der Waals surface area contributed by atoms with E-state index < -0.39 is 0 Å². The summed E-state index contributed by atoms with van der Waals surface area (Å²) in [5, 5.41) is 10.4. The van der Waals surface area contributed by atoms with E-state index in [0.717, 1.165) is 11.1 Å². The number of benzene rings is 1. The third-order valence-corrected chi connectivity index (χ3v) is 1.93. The molecule has 1 N–H and O–H groups in total. The normalized spacial score (nSPS) is 9.43. The first-order valence-corrected chi connectivity index (χ1v) is 4.02. The summed E-state index contributed by atoms with van der Waals surface area (Å²) >= 11 is 0. The zero-order valence-electron chi connectivity index (χ0n) is 7.77. The van der Waals surface area contributed by atoms with E-state index in [1.807, 2.05) is 18.2 Å². The number of aromatic hydroxyl groups is 1. The number of phenols is 1. The van der Waals surface area contributed by atoms with Crippen molar-refractivity contribution in [2.45, 2.75) is 0 Å². The third-order valence-electron chi connectivity index (χ3n) is 1.93. The molecule has 0 atom stereocenters. The number of nitrogens with zero attached hydrogens (tertiary/aromatic N) is 1. The second-order valence-corrected chi connectivity index (χ2v) is 2.79. The van der Waals surface area contributed by atoms with Crippen LogP contribution in [0.1, 0.15) is 5.69 Å². The molecule has 2 rings (SSSR count). The predicted molar refractivity (Wildman–Crippen MR) is 62.0 cm³/mol. The monoisotopic (exact) mass is 381 g/mol. The molecule has 0 aliphatic carbocycles. The summed E-state index contributed by atoms with van der Waals surface area (Å²) in [7, 11) is 0. The van der Waals surface area contributed by atoms with Crippen molar-refractivity contribution in [3.05, 3.63) is 42.6 Å².